The fourth-order valence-electron chi connectivity index (χ4n) is 3.51. The number of aromatic nitrogens is 1. The van der Waals surface area contributed by atoms with Gasteiger partial charge < -0.3 is 14.8 Å². The number of carbonyl (C=O) groups is 1. The van der Waals surface area contributed by atoms with Crippen LogP contribution < -0.4 is 10.1 Å². The summed E-state index contributed by atoms with van der Waals surface area (Å²) in [5, 5.41) is 14.7. The van der Waals surface area contributed by atoms with Gasteiger partial charge in [-0.05, 0) is 38.7 Å². The third kappa shape index (κ3) is 4.99. The van der Waals surface area contributed by atoms with Crippen LogP contribution in [-0.2, 0) is 9.53 Å². The van der Waals surface area contributed by atoms with E-state index in [1.807, 2.05) is 20.1 Å². The Morgan fingerprint density at radius 3 is 2.81 bits per heavy atom. The number of anilines is 1. The zero-order chi connectivity index (χ0) is 22.5. The molecule has 9 heteroatoms. The number of allylic oxidation sites excluding steroid dienone is 1. The van der Waals surface area contributed by atoms with Gasteiger partial charge in [-0.1, -0.05) is 12.1 Å². The van der Waals surface area contributed by atoms with Crippen molar-refractivity contribution in [1.82, 2.24) is 4.98 Å². The third-order valence-corrected chi connectivity index (χ3v) is 5.33. The molecule has 31 heavy (non-hydrogen) atoms. The average molecular weight is 444 g/mol. The van der Waals surface area contributed by atoms with Crippen molar-refractivity contribution in [2.75, 3.05) is 23.9 Å². The SMILES string of the molecule is CSCCOC(=O)C1=C(C)Nc2ccnc(OC(C)C)c2C1c1cccc([N+](=O)[O-])c1. The van der Waals surface area contributed by atoms with Crippen molar-refractivity contribution >= 4 is 29.1 Å². The summed E-state index contributed by atoms with van der Waals surface area (Å²) in [4.78, 5) is 28.4. The van der Waals surface area contributed by atoms with Crippen LogP contribution in [-0.4, -0.2) is 40.6 Å². The molecule has 0 spiro atoms. The summed E-state index contributed by atoms with van der Waals surface area (Å²) in [7, 11) is 0. The largest absolute Gasteiger partial charge is 0.475 e. The number of carbonyl (C=O) groups excluding carboxylic acids is 1. The van der Waals surface area contributed by atoms with Gasteiger partial charge >= 0.3 is 5.97 Å². The highest BCUT2D eigenvalue weighted by Crippen LogP contribution is 2.46. The van der Waals surface area contributed by atoms with Crippen molar-refractivity contribution in [1.29, 1.82) is 0 Å². The van der Waals surface area contributed by atoms with Gasteiger partial charge in [-0.25, -0.2) is 9.78 Å². The van der Waals surface area contributed by atoms with E-state index in [0.717, 1.165) is 5.69 Å². The summed E-state index contributed by atoms with van der Waals surface area (Å²) in [6.07, 6.45) is 3.42. The second-order valence-electron chi connectivity index (χ2n) is 7.32. The number of hydrogen-bond donors (Lipinski definition) is 1. The Morgan fingerprint density at radius 2 is 2.13 bits per heavy atom. The molecular formula is C22H25N3O5S. The molecule has 3 rings (SSSR count). The predicted molar refractivity (Wildman–Crippen MR) is 121 cm³/mol. The number of nitrogens with zero attached hydrogens (tertiary/aromatic N) is 2. The number of fused-ring (bicyclic) bond motifs is 1. The molecule has 0 amide bonds. The maximum absolute atomic E-state index is 13.1. The van der Waals surface area contributed by atoms with Gasteiger partial charge in [0.2, 0.25) is 5.88 Å². The van der Waals surface area contributed by atoms with Gasteiger partial charge in [-0.3, -0.25) is 10.1 Å². The van der Waals surface area contributed by atoms with Gasteiger partial charge in [0.25, 0.3) is 5.69 Å². The van der Waals surface area contributed by atoms with E-state index < -0.39 is 16.8 Å². The Kier molecular flexibility index (Phi) is 7.17. The Hall–Kier alpha value is -3.07. The number of hydrogen-bond acceptors (Lipinski definition) is 8. The smallest absolute Gasteiger partial charge is 0.336 e. The van der Waals surface area contributed by atoms with Crippen LogP contribution in [0.1, 0.15) is 37.8 Å². The molecule has 1 unspecified atom stereocenters. The van der Waals surface area contributed by atoms with Crippen LogP contribution in [0.3, 0.4) is 0 Å². The van der Waals surface area contributed by atoms with Crippen LogP contribution in [0.4, 0.5) is 11.4 Å². The summed E-state index contributed by atoms with van der Waals surface area (Å²) < 4.78 is 11.4. The van der Waals surface area contributed by atoms with Crippen molar-refractivity contribution in [3.05, 3.63) is 69.0 Å². The number of non-ortho nitro benzene ring substituents is 1. The normalized spacial score (nSPS) is 15.3. The Morgan fingerprint density at radius 1 is 1.35 bits per heavy atom. The fourth-order valence-corrected chi connectivity index (χ4v) is 3.76. The van der Waals surface area contributed by atoms with Gasteiger partial charge in [-0.2, -0.15) is 11.8 Å². The van der Waals surface area contributed by atoms with Crippen LogP contribution in [0.5, 0.6) is 5.88 Å². The lowest BCUT2D eigenvalue weighted by molar-refractivity contribution is -0.384. The quantitative estimate of drug-likeness (QED) is 0.275. The molecule has 2 heterocycles. The second kappa shape index (κ2) is 9.82. The topological polar surface area (TPSA) is 104 Å². The maximum Gasteiger partial charge on any atom is 0.336 e. The minimum Gasteiger partial charge on any atom is -0.475 e. The van der Waals surface area contributed by atoms with Gasteiger partial charge in [0.05, 0.1) is 22.5 Å². The zero-order valence-corrected chi connectivity index (χ0v) is 18.7. The van der Waals surface area contributed by atoms with Crippen LogP contribution in [0.2, 0.25) is 0 Å². The standard InChI is InChI=1S/C22H25N3O5S/c1-13(2)30-21-20-17(8-9-23-21)24-14(3)18(22(26)29-10-11-31-4)19(20)15-6-5-7-16(12-15)25(27)28/h5-9,12-13,19,24H,10-11H2,1-4H3. The molecule has 1 aliphatic rings. The molecule has 8 nitrogen and oxygen atoms in total. The first-order valence-electron chi connectivity index (χ1n) is 9.87. The molecule has 1 aliphatic heterocycles. The molecular weight excluding hydrogens is 418 g/mol. The van der Waals surface area contributed by atoms with Crippen LogP contribution in [0.25, 0.3) is 0 Å². The molecule has 0 aliphatic carbocycles. The summed E-state index contributed by atoms with van der Waals surface area (Å²) >= 11 is 1.58. The molecule has 2 aromatic rings. The Bertz CT molecular complexity index is 1020. The van der Waals surface area contributed by atoms with Crippen molar-refractivity contribution in [3.8, 4) is 5.88 Å². The molecule has 1 aromatic carbocycles. The zero-order valence-electron chi connectivity index (χ0n) is 17.9. The van der Waals surface area contributed by atoms with E-state index in [9.17, 15) is 14.9 Å². The molecule has 0 radical (unpaired) electrons. The first-order chi connectivity index (χ1) is 14.8. The van der Waals surface area contributed by atoms with Crippen molar-refractivity contribution in [3.63, 3.8) is 0 Å². The molecule has 0 fully saturated rings. The van der Waals surface area contributed by atoms with E-state index in [0.29, 0.717) is 34.0 Å². The van der Waals surface area contributed by atoms with Crippen LogP contribution in [0, 0.1) is 10.1 Å². The first-order valence-corrected chi connectivity index (χ1v) is 11.3. The van der Waals surface area contributed by atoms with E-state index in [-0.39, 0.29) is 18.4 Å². The number of thioether (sulfide) groups is 1. The van der Waals surface area contributed by atoms with E-state index >= 15 is 0 Å². The van der Waals surface area contributed by atoms with E-state index in [1.165, 1.54) is 12.1 Å². The van der Waals surface area contributed by atoms with Gasteiger partial charge in [0.1, 0.15) is 6.61 Å². The summed E-state index contributed by atoms with van der Waals surface area (Å²) in [6, 6.07) is 8.08. The van der Waals surface area contributed by atoms with Crippen molar-refractivity contribution in [2.45, 2.75) is 32.8 Å². The maximum atomic E-state index is 13.1. The Balaban J connectivity index is 2.18. The van der Waals surface area contributed by atoms with Crippen molar-refractivity contribution in [2.24, 2.45) is 0 Å². The van der Waals surface area contributed by atoms with E-state index in [4.69, 9.17) is 9.47 Å². The van der Waals surface area contributed by atoms with Gasteiger partial charge in [0.15, 0.2) is 0 Å². The molecule has 164 valence electrons. The van der Waals surface area contributed by atoms with E-state index in [1.54, 1.807) is 43.1 Å². The monoisotopic (exact) mass is 443 g/mol. The third-order valence-electron chi connectivity index (χ3n) is 4.76. The van der Waals surface area contributed by atoms with Crippen molar-refractivity contribution < 1.29 is 19.2 Å². The number of rotatable bonds is 8. The van der Waals surface area contributed by atoms with Crippen LogP contribution in [0.15, 0.2) is 47.8 Å². The van der Waals surface area contributed by atoms with Gasteiger partial charge in [-0.15, -0.1) is 0 Å². The highest BCUT2D eigenvalue weighted by atomic mass is 32.2. The highest BCUT2D eigenvalue weighted by molar-refractivity contribution is 7.98. The molecule has 0 bridgehead atoms. The molecule has 1 aromatic heterocycles. The number of nitro groups is 1. The predicted octanol–water partition coefficient (Wildman–Crippen LogP) is 4.51. The highest BCUT2D eigenvalue weighted by Gasteiger charge is 2.37. The first kappa shape index (κ1) is 22.6. The number of nitro benzene ring substituents is 1. The summed E-state index contributed by atoms with van der Waals surface area (Å²) in [5.41, 5.74) is 2.94. The number of ether oxygens (including phenoxy) is 2. The lowest BCUT2D eigenvalue weighted by Gasteiger charge is -2.31. The lowest BCUT2D eigenvalue weighted by atomic mass is 9.81. The molecule has 1 atom stereocenters. The van der Waals surface area contributed by atoms with Crippen LogP contribution >= 0.6 is 11.8 Å². The minimum absolute atomic E-state index is 0.0550. The van der Waals surface area contributed by atoms with E-state index in [2.05, 4.69) is 10.3 Å². The molecule has 0 saturated carbocycles. The minimum atomic E-state index is -0.625. The lowest BCUT2D eigenvalue weighted by Crippen LogP contribution is -2.26. The molecule has 0 saturated heterocycles. The second-order valence-corrected chi connectivity index (χ2v) is 8.31. The number of benzene rings is 1. The summed E-state index contributed by atoms with van der Waals surface area (Å²) in [5.74, 6) is -0.0494. The fraction of sp³-hybridized carbons (Fsp3) is 0.364. The Labute approximate surface area is 185 Å². The average Bonchev–Trinajstić information content (AvgIpc) is 2.72. The molecule has 1 N–H and O–H groups in total. The number of nitrogens with one attached hydrogen (secondary N) is 1. The van der Waals surface area contributed by atoms with Gasteiger partial charge in [0, 0.05) is 41.0 Å². The summed E-state index contributed by atoms with van der Waals surface area (Å²) in [6.45, 7) is 5.84. The number of pyridine rings is 1. The number of esters is 1.